The Morgan fingerprint density at radius 1 is 1.71 bits per heavy atom. The SMILES string of the molecule is CN(Cc1ccco1)C(=O)CN1CC[C@@H](N)C1. The first-order chi connectivity index (χ1) is 8.15. The summed E-state index contributed by atoms with van der Waals surface area (Å²) in [5, 5.41) is 0. The van der Waals surface area contributed by atoms with Crippen molar-refractivity contribution in [1.82, 2.24) is 9.80 Å². The van der Waals surface area contributed by atoms with E-state index in [4.69, 9.17) is 10.2 Å². The molecule has 1 aromatic heterocycles. The highest BCUT2D eigenvalue weighted by Gasteiger charge is 2.22. The van der Waals surface area contributed by atoms with Gasteiger partial charge in [0.2, 0.25) is 5.91 Å². The van der Waals surface area contributed by atoms with Gasteiger partial charge in [0.05, 0.1) is 19.4 Å². The minimum atomic E-state index is 0.107. The van der Waals surface area contributed by atoms with Crippen molar-refractivity contribution in [2.45, 2.75) is 19.0 Å². The van der Waals surface area contributed by atoms with Crippen molar-refractivity contribution < 1.29 is 9.21 Å². The molecule has 2 heterocycles. The first-order valence-electron chi connectivity index (χ1n) is 5.89. The van der Waals surface area contributed by atoms with Gasteiger partial charge in [-0.1, -0.05) is 0 Å². The average molecular weight is 237 g/mol. The number of amides is 1. The smallest absolute Gasteiger partial charge is 0.236 e. The Labute approximate surface area is 101 Å². The first-order valence-corrected chi connectivity index (χ1v) is 5.89. The van der Waals surface area contributed by atoms with Crippen LogP contribution < -0.4 is 5.73 Å². The number of likely N-dealkylation sites (N-methyl/N-ethyl adjacent to an activating group) is 1. The molecule has 1 saturated heterocycles. The minimum Gasteiger partial charge on any atom is -0.467 e. The zero-order chi connectivity index (χ0) is 12.3. The Hall–Kier alpha value is -1.33. The van der Waals surface area contributed by atoms with E-state index in [1.807, 2.05) is 12.1 Å². The van der Waals surface area contributed by atoms with E-state index in [2.05, 4.69) is 4.90 Å². The number of nitrogens with zero attached hydrogens (tertiary/aromatic N) is 2. The molecule has 5 nitrogen and oxygen atoms in total. The second kappa shape index (κ2) is 5.33. The molecule has 0 aliphatic carbocycles. The number of likely N-dealkylation sites (tertiary alicyclic amines) is 1. The fourth-order valence-corrected chi connectivity index (χ4v) is 2.04. The van der Waals surface area contributed by atoms with Crippen molar-refractivity contribution in [2.75, 3.05) is 26.7 Å². The van der Waals surface area contributed by atoms with Gasteiger partial charge in [0.15, 0.2) is 0 Å². The normalized spacial score (nSPS) is 20.7. The molecule has 1 aliphatic rings. The lowest BCUT2D eigenvalue weighted by Gasteiger charge is -2.20. The lowest BCUT2D eigenvalue weighted by atomic mass is 10.3. The van der Waals surface area contributed by atoms with Crippen molar-refractivity contribution >= 4 is 5.91 Å². The summed E-state index contributed by atoms with van der Waals surface area (Å²) >= 11 is 0. The van der Waals surface area contributed by atoms with E-state index in [-0.39, 0.29) is 11.9 Å². The number of carbonyl (C=O) groups is 1. The van der Waals surface area contributed by atoms with E-state index in [1.165, 1.54) is 0 Å². The molecule has 17 heavy (non-hydrogen) atoms. The van der Waals surface area contributed by atoms with Gasteiger partial charge in [0.25, 0.3) is 0 Å². The molecule has 1 amide bonds. The topological polar surface area (TPSA) is 62.7 Å². The maximum atomic E-state index is 11.9. The van der Waals surface area contributed by atoms with Gasteiger partial charge in [-0.25, -0.2) is 0 Å². The van der Waals surface area contributed by atoms with Crippen LogP contribution in [0.2, 0.25) is 0 Å². The molecule has 1 fully saturated rings. The van der Waals surface area contributed by atoms with Crippen molar-refractivity contribution in [3.8, 4) is 0 Å². The molecule has 2 N–H and O–H groups in total. The monoisotopic (exact) mass is 237 g/mol. The molecule has 0 spiro atoms. The van der Waals surface area contributed by atoms with Crippen LogP contribution >= 0.6 is 0 Å². The van der Waals surface area contributed by atoms with Crippen LogP contribution in [-0.2, 0) is 11.3 Å². The number of hydrogen-bond donors (Lipinski definition) is 1. The molecule has 0 bridgehead atoms. The van der Waals surface area contributed by atoms with E-state index < -0.39 is 0 Å². The predicted octanol–water partition coefficient (Wildman–Crippen LogP) is 0.271. The summed E-state index contributed by atoms with van der Waals surface area (Å²) in [5.41, 5.74) is 5.81. The third-order valence-electron chi connectivity index (χ3n) is 3.07. The third-order valence-corrected chi connectivity index (χ3v) is 3.07. The molecule has 1 aromatic rings. The second-order valence-electron chi connectivity index (χ2n) is 4.61. The molecule has 1 aliphatic heterocycles. The Morgan fingerprint density at radius 2 is 2.53 bits per heavy atom. The molecule has 0 aromatic carbocycles. The lowest BCUT2D eigenvalue weighted by Crippen LogP contribution is -2.38. The van der Waals surface area contributed by atoms with Gasteiger partial charge in [-0.05, 0) is 18.6 Å². The summed E-state index contributed by atoms with van der Waals surface area (Å²) in [6.07, 6.45) is 2.60. The lowest BCUT2D eigenvalue weighted by molar-refractivity contribution is -0.131. The summed E-state index contributed by atoms with van der Waals surface area (Å²) in [6, 6.07) is 3.92. The summed E-state index contributed by atoms with van der Waals surface area (Å²) in [5.74, 6) is 0.912. The van der Waals surface area contributed by atoms with Crippen LogP contribution in [0.5, 0.6) is 0 Å². The molecular formula is C12H19N3O2. The van der Waals surface area contributed by atoms with Gasteiger partial charge in [0, 0.05) is 26.2 Å². The third kappa shape index (κ3) is 3.31. The number of nitrogens with two attached hydrogens (primary N) is 1. The molecular weight excluding hydrogens is 218 g/mol. The summed E-state index contributed by atoms with van der Waals surface area (Å²) in [7, 11) is 1.79. The van der Waals surface area contributed by atoms with Crippen LogP contribution in [0, 0.1) is 0 Å². The second-order valence-corrected chi connectivity index (χ2v) is 4.61. The summed E-state index contributed by atoms with van der Waals surface area (Å²) in [4.78, 5) is 15.7. The molecule has 2 rings (SSSR count). The molecule has 0 unspecified atom stereocenters. The Bertz CT molecular complexity index is 364. The van der Waals surface area contributed by atoms with Gasteiger partial charge in [-0.2, -0.15) is 0 Å². The van der Waals surface area contributed by atoms with Crippen LogP contribution in [0.4, 0.5) is 0 Å². The zero-order valence-corrected chi connectivity index (χ0v) is 10.1. The Kier molecular flexibility index (Phi) is 3.81. The van der Waals surface area contributed by atoms with E-state index >= 15 is 0 Å². The fraction of sp³-hybridized carbons (Fsp3) is 0.583. The molecule has 94 valence electrons. The summed E-state index contributed by atoms with van der Waals surface area (Å²) in [6.45, 7) is 2.71. The quantitative estimate of drug-likeness (QED) is 0.816. The highest BCUT2D eigenvalue weighted by atomic mass is 16.3. The maximum Gasteiger partial charge on any atom is 0.236 e. The molecule has 5 heteroatoms. The van der Waals surface area contributed by atoms with Gasteiger partial charge in [-0.15, -0.1) is 0 Å². The number of rotatable bonds is 4. The van der Waals surface area contributed by atoms with Crippen LogP contribution in [0.3, 0.4) is 0 Å². The standard InChI is InChI=1S/C12H19N3O2/c1-14(8-11-3-2-6-17-11)12(16)9-15-5-4-10(13)7-15/h2-3,6,10H,4-5,7-9,13H2,1H3/t10-/m1/s1. The average Bonchev–Trinajstić information content (AvgIpc) is 2.90. The molecule has 1 atom stereocenters. The highest BCUT2D eigenvalue weighted by Crippen LogP contribution is 2.08. The van der Waals surface area contributed by atoms with Crippen LogP contribution in [0.1, 0.15) is 12.2 Å². The molecule has 0 radical (unpaired) electrons. The largest absolute Gasteiger partial charge is 0.467 e. The van der Waals surface area contributed by atoms with Crippen LogP contribution in [0.15, 0.2) is 22.8 Å². The van der Waals surface area contributed by atoms with Crippen LogP contribution in [-0.4, -0.2) is 48.4 Å². The van der Waals surface area contributed by atoms with Crippen LogP contribution in [0.25, 0.3) is 0 Å². The number of hydrogen-bond acceptors (Lipinski definition) is 4. The fourth-order valence-electron chi connectivity index (χ4n) is 2.04. The zero-order valence-electron chi connectivity index (χ0n) is 10.1. The van der Waals surface area contributed by atoms with Crippen molar-refractivity contribution in [2.24, 2.45) is 5.73 Å². The maximum absolute atomic E-state index is 11.9. The van der Waals surface area contributed by atoms with E-state index in [9.17, 15) is 4.79 Å². The first kappa shape index (κ1) is 12.1. The van der Waals surface area contributed by atoms with Gasteiger partial charge >= 0.3 is 0 Å². The van der Waals surface area contributed by atoms with Gasteiger partial charge in [-0.3, -0.25) is 9.69 Å². The minimum absolute atomic E-state index is 0.107. The summed E-state index contributed by atoms with van der Waals surface area (Å²) < 4.78 is 5.21. The van der Waals surface area contributed by atoms with E-state index in [0.717, 1.165) is 25.3 Å². The van der Waals surface area contributed by atoms with E-state index in [0.29, 0.717) is 13.1 Å². The highest BCUT2D eigenvalue weighted by molar-refractivity contribution is 5.77. The molecule has 0 saturated carbocycles. The Morgan fingerprint density at radius 3 is 3.12 bits per heavy atom. The van der Waals surface area contributed by atoms with Crippen molar-refractivity contribution in [1.29, 1.82) is 0 Å². The van der Waals surface area contributed by atoms with E-state index in [1.54, 1.807) is 18.2 Å². The van der Waals surface area contributed by atoms with Crippen molar-refractivity contribution in [3.63, 3.8) is 0 Å². The van der Waals surface area contributed by atoms with Gasteiger partial charge in [0.1, 0.15) is 5.76 Å². The number of furan rings is 1. The Balaban J connectivity index is 1.79. The number of carbonyl (C=O) groups excluding carboxylic acids is 1. The van der Waals surface area contributed by atoms with Crippen molar-refractivity contribution in [3.05, 3.63) is 24.2 Å². The predicted molar refractivity (Wildman–Crippen MR) is 64.2 cm³/mol. The van der Waals surface area contributed by atoms with Gasteiger partial charge < -0.3 is 15.1 Å².